The first-order chi connectivity index (χ1) is 14.7. The summed E-state index contributed by atoms with van der Waals surface area (Å²) in [5, 5.41) is 22.1. The zero-order chi connectivity index (χ0) is 23.7. The number of carboxylic acids is 1. The Balaban J connectivity index is 1.83. The van der Waals surface area contributed by atoms with E-state index >= 15 is 0 Å². The number of phenols is 1. The molecule has 2 aliphatic carbocycles. The number of carbonyl (C=O) groups is 2. The first kappa shape index (κ1) is 23.1. The van der Waals surface area contributed by atoms with Crippen LogP contribution in [0.2, 0.25) is 0 Å². The Morgan fingerprint density at radius 2 is 1.78 bits per heavy atom. The lowest BCUT2D eigenvalue weighted by molar-refractivity contribution is -0.135. The van der Waals surface area contributed by atoms with E-state index in [1.165, 1.54) is 12.1 Å². The van der Waals surface area contributed by atoms with Crippen LogP contribution in [0.15, 0.2) is 17.0 Å². The lowest BCUT2D eigenvalue weighted by Gasteiger charge is -2.63. The molecule has 4 atom stereocenters. The second-order valence-electron chi connectivity index (χ2n) is 11.1. The number of fused-ring (bicyclic) bond motifs is 5. The van der Waals surface area contributed by atoms with E-state index in [1.54, 1.807) is 0 Å². The van der Waals surface area contributed by atoms with Crippen LogP contribution in [0, 0.1) is 22.7 Å². The summed E-state index contributed by atoms with van der Waals surface area (Å²) in [4.78, 5) is 23.2. The van der Waals surface area contributed by atoms with Crippen molar-refractivity contribution < 1.29 is 28.2 Å². The van der Waals surface area contributed by atoms with Gasteiger partial charge in [-0.15, -0.1) is 0 Å². The number of sulfone groups is 1. The fraction of sp³-hybridized carbons (Fsp3) is 0.667. The second kappa shape index (κ2) is 7.20. The molecule has 176 valence electrons. The second-order valence-corrected chi connectivity index (χ2v) is 13.1. The monoisotopic (exact) mass is 463 g/mol. The van der Waals surface area contributed by atoms with Gasteiger partial charge in [-0.3, -0.25) is 9.59 Å². The SMILES string of the molecule is CC1(C)CCCC2(C)C1CCC1(C)c3c(O)cc(C(=O)NCC(=O)O)cc3S(=O)(=O)CC12. The number of aliphatic carboxylic acids is 1. The van der Waals surface area contributed by atoms with Gasteiger partial charge < -0.3 is 15.5 Å². The van der Waals surface area contributed by atoms with Gasteiger partial charge in [-0.05, 0) is 60.5 Å². The van der Waals surface area contributed by atoms with E-state index in [2.05, 4.69) is 33.0 Å². The summed E-state index contributed by atoms with van der Waals surface area (Å²) in [6.45, 7) is 8.31. The van der Waals surface area contributed by atoms with Crippen molar-refractivity contribution in [3.05, 3.63) is 23.3 Å². The van der Waals surface area contributed by atoms with Crippen LogP contribution in [0.25, 0.3) is 0 Å². The number of nitrogens with one attached hydrogen (secondary N) is 1. The number of carbonyl (C=O) groups excluding carboxylic acids is 1. The molecule has 3 N–H and O–H groups in total. The van der Waals surface area contributed by atoms with Gasteiger partial charge in [-0.1, -0.05) is 34.1 Å². The lowest BCUT2D eigenvalue weighted by atomic mass is 9.43. The molecule has 4 rings (SSSR count). The molecule has 1 aliphatic heterocycles. The molecule has 0 saturated heterocycles. The molecule has 0 aromatic heterocycles. The fourth-order valence-electron chi connectivity index (χ4n) is 7.44. The summed E-state index contributed by atoms with van der Waals surface area (Å²) >= 11 is 0. The number of benzene rings is 1. The van der Waals surface area contributed by atoms with E-state index in [4.69, 9.17) is 5.11 Å². The Morgan fingerprint density at radius 1 is 1.09 bits per heavy atom. The molecule has 1 aromatic carbocycles. The van der Waals surface area contributed by atoms with Gasteiger partial charge in [0.15, 0.2) is 9.84 Å². The zero-order valence-corrected chi connectivity index (χ0v) is 20.0. The highest BCUT2D eigenvalue weighted by Crippen LogP contribution is 2.67. The Morgan fingerprint density at radius 3 is 2.44 bits per heavy atom. The maximum absolute atomic E-state index is 13.5. The van der Waals surface area contributed by atoms with Gasteiger partial charge in [-0.2, -0.15) is 0 Å². The van der Waals surface area contributed by atoms with E-state index < -0.39 is 33.7 Å². The first-order valence-corrected chi connectivity index (χ1v) is 13.0. The van der Waals surface area contributed by atoms with Gasteiger partial charge in [-0.25, -0.2) is 8.42 Å². The number of phenolic OH excluding ortho intramolecular Hbond substituents is 1. The molecule has 3 aliphatic rings. The topological polar surface area (TPSA) is 121 Å². The molecule has 2 saturated carbocycles. The minimum atomic E-state index is -3.74. The highest BCUT2D eigenvalue weighted by Gasteiger charge is 2.62. The number of carboxylic acid groups (broad SMARTS) is 1. The van der Waals surface area contributed by atoms with Crippen LogP contribution in [-0.4, -0.2) is 42.8 Å². The molecule has 0 bridgehead atoms. The van der Waals surface area contributed by atoms with Crippen molar-refractivity contribution in [2.45, 2.75) is 70.1 Å². The van der Waals surface area contributed by atoms with Crippen molar-refractivity contribution in [2.24, 2.45) is 22.7 Å². The molecule has 32 heavy (non-hydrogen) atoms. The third-order valence-corrected chi connectivity index (χ3v) is 10.6. The third kappa shape index (κ3) is 3.33. The Hall–Kier alpha value is -2.09. The fourth-order valence-corrected chi connectivity index (χ4v) is 9.76. The van der Waals surface area contributed by atoms with Crippen molar-refractivity contribution in [3.63, 3.8) is 0 Å². The Labute approximate surface area is 189 Å². The van der Waals surface area contributed by atoms with Gasteiger partial charge in [0.1, 0.15) is 12.3 Å². The minimum Gasteiger partial charge on any atom is -0.508 e. The summed E-state index contributed by atoms with van der Waals surface area (Å²) in [6.07, 6.45) is 4.93. The average molecular weight is 464 g/mol. The maximum atomic E-state index is 13.5. The molecule has 1 aromatic rings. The first-order valence-electron chi connectivity index (χ1n) is 11.3. The predicted molar refractivity (Wildman–Crippen MR) is 119 cm³/mol. The Kier molecular flexibility index (Phi) is 5.20. The summed E-state index contributed by atoms with van der Waals surface area (Å²) in [5.41, 5.74) is -0.145. The Bertz CT molecular complexity index is 1090. The molecule has 2 fully saturated rings. The van der Waals surface area contributed by atoms with Crippen LogP contribution in [-0.2, 0) is 20.0 Å². The normalized spacial score (nSPS) is 34.5. The smallest absolute Gasteiger partial charge is 0.322 e. The van der Waals surface area contributed by atoms with Crippen LogP contribution in [0.5, 0.6) is 5.75 Å². The van der Waals surface area contributed by atoms with Crippen molar-refractivity contribution in [2.75, 3.05) is 12.3 Å². The maximum Gasteiger partial charge on any atom is 0.322 e. The van der Waals surface area contributed by atoms with Gasteiger partial charge in [0.25, 0.3) is 5.91 Å². The largest absolute Gasteiger partial charge is 0.508 e. The molecule has 0 radical (unpaired) electrons. The van der Waals surface area contributed by atoms with Gasteiger partial charge in [0.05, 0.1) is 10.6 Å². The van der Waals surface area contributed by atoms with Crippen molar-refractivity contribution in [1.29, 1.82) is 0 Å². The third-order valence-electron chi connectivity index (χ3n) is 8.83. The number of hydrogen-bond donors (Lipinski definition) is 3. The van der Waals surface area contributed by atoms with Crippen LogP contribution in [0.3, 0.4) is 0 Å². The summed E-state index contributed by atoms with van der Waals surface area (Å²) in [7, 11) is -3.74. The minimum absolute atomic E-state index is 0.000775. The van der Waals surface area contributed by atoms with E-state index in [-0.39, 0.29) is 38.7 Å². The zero-order valence-electron chi connectivity index (χ0n) is 19.2. The van der Waals surface area contributed by atoms with Crippen molar-refractivity contribution >= 4 is 21.7 Å². The predicted octanol–water partition coefficient (Wildman–Crippen LogP) is 3.49. The van der Waals surface area contributed by atoms with E-state index in [0.717, 1.165) is 32.1 Å². The number of rotatable bonds is 3. The van der Waals surface area contributed by atoms with Crippen molar-refractivity contribution in [3.8, 4) is 5.75 Å². The number of amides is 1. The standard InChI is InChI=1S/C24H33NO6S/c1-22(2)7-5-8-23(3)17(22)6-9-24(4)18(23)13-32(30,31)16-11-14(10-15(26)20(16)24)21(29)25-12-19(27)28/h10-11,17-18,26H,5-9,12-13H2,1-4H3,(H,25,29)(H,27,28). The molecular formula is C24H33NO6S. The number of aromatic hydroxyl groups is 1. The summed E-state index contributed by atoms with van der Waals surface area (Å²) in [6, 6.07) is 2.58. The van der Waals surface area contributed by atoms with E-state index in [0.29, 0.717) is 11.5 Å². The van der Waals surface area contributed by atoms with Crippen LogP contribution in [0.4, 0.5) is 0 Å². The van der Waals surface area contributed by atoms with Gasteiger partial charge >= 0.3 is 5.97 Å². The quantitative estimate of drug-likeness (QED) is 0.631. The number of hydrogen-bond acceptors (Lipinski definition) is 5. The lowest BCUT2D eigenvalue weighted by Crippen LogP contribution is -2.59. The highest BCUT2D eigenvalue weighted by atomic mass is 32.2. The molecule has 1 amide bonds. The van der Waals surface area contributed by atoms with Crippen LogP contribution >= 0.6 is 0 Å². The average Bonchev–Trinajstić information content (AvgIpc) is 2.67. The molecule has 4 unspecified atom stereocenters. The van der Waals surface area contributed by atoms with Gasteiger partial charge in [0.2, 0.25) is 0 Å². The van der Waals surface area contributed by atoms with Crippen LogP contribution in [0.1, 0.15) is 75.7 Å². The molecular weight excluding hydrogens is 430 g/mol. The van der Waals surface area contributed by atoms with Gasteiger partial charge in [0, 0.05) is 16.5 Å². The van der Waals surface area contributed by atoms with E-state index in [9.17, 15) is 23.1 Å². The molecule has 8 heteroatoms. The molecule has 0 spiro atoms. The summed E-state index contributed by atoms with van der Waals surface area (Å²) < 4.78 is 27.0. The van der Waals surface area contributed by atoms with Crippen molar-refractivity contribution in [1.82, 2.24) is 5.32 Å². The van der Waals surface area contributed by atoms with Crippen LogP contribution < -0.4 is 5.32 Å². The molecule has 7 nitrogen and oxygen atoms in total. The summed E-state index contributed by atoms with van der Waals surface area (Å²) in [5.74, 6) is -1.83. The van der Waals surface area contributed by atoms with E-state index in [1.807, 2.05) is 0 Å². The molecule has 1 heterocycles. The highest BCUT2D eigenvalue weighted by molar-refractivity contribution is 7.91.